The van der Waals surface area contributed by atoms with Crippen molar-refractivity contribution in [1.29, 1.82) is 0 Å². The Morgan fingerprint density at radius 1 is 1.00 bits per heavy atom. The second-order valence-electron chi connectivity index (χ2n) is 7.80. The zero-order valence-corrected chi connectivity index (χ0v) is 18.7. The van der Waals surface area contributed by atoms with Crippen molar-refractivity contribution in [2.75, 3.05) is 58.9 Å². The number of hydrogen-bond acceptors (Lipinski definition) is 6. The first-order valence-corrected chi connectivity index (χ1v) is 10.2. The topological polar surface area (TPSA) is 82.1 Å². The second-order valence-corrected chi connectivity index (χ2v) is 7.80. The Morgan fingerprint density at radius 3 is 2.03 bits per heavy atom. The van der Waals surface area contributed by atoms with Gasteiger partial charge in [0.05, 0.1) is 12.6 Å². The van der Waals surface area contributed by atoms with Crippen molar-refractivity contribution in [2.24, 2.45) is 0 Å². The number of β-amino-alcohol motifs (C(OH)–C–C–N with tert-alkyl or cyclic N) is 1. The zero-order valence-electron chi connectivity index (χ0n) is 17.6. The van der Waals surface area contributed by atoms with E-state index in [4.69, 9.17) is 0 Å². The van der Waals surface area contributed by atoms with E-state index in [0.717, 1.165) is 44.8 Å². The van der Waals surface area contributed by atoms with Gasteiger partial charge in [-0.1, -0.05) is 37.3 Å². The molecule has 1 aliphatic rings. The molecule has 1 amide bonds. The minimum Gasteiger partial charge on any atom is -0.851 e. The van der Waals surface area contributed by atoms with Crippen LogP contribution in [0.5, 0.6) is 0 Å². The Bertz CT molecular complexity index is 552. The summed E-state index contributed by atoms with van der Waals surface area (Å²) < 4.78 is 0. The Morgan fingerprint density at radius 2 is 1.52 bits per heavy atom. The quantitative estimate of drug-likeness (QED) is 0.516. The van der Waals surface area contributed by atoms with Gasteiger partial charge in [-0.15, -0.1) is 6.10 Å². The van der Waals surface area contributed by atoms with Crippen LogP contribution in [0.2, 0.25) is 0 Å². The van der Waals surface area contributed by atoms with E-state index in [9.17, 15) is 15.0 Å². The Balaban J connectivity index is 0.00000420. The summed E-state index contributed by atoms with van der Waals surface area (Å²) in [6.45, 7) is 10.2. The fourth-order valence-corrected chi connectivity index (χ4v) is 3.50. The van der Waals surface area contributed by atoms with Gasteiger partial charge in [-0.05, 0) is 19.0 Å². The summed E-state index contributed by atoms with van der Waals surface area (Å²) in [5, 5.41) is 24.4. The third-order valence-electron chi connectivity index (χ3n) is 4.93. The summed E-state index contributed by atoms with van der Waals surface area (Å²) >= 11 is 0. The third-order valence-corrected chi connectivity index (χ3v) is 4.93. The smallest absolute Gasteiger partial charge is 0.851 e. The molecule has 2 rings (SSSR count). The molecule has 1 heterocycles. The second kappa shape index (κ2) is 14.1. The third kappa shape index (κ3) is 11.1. The number of nitrogens with one attached hydrogen (secondary N) is 1. The van der Waals surface area contributed by atoms with Crippen LogP contribution in [0, 0.1) is 0 Å². The molecule has 0 radical (unpaired) electrons. The molecule has 1 aliphatic heterocycles. The largest absolute Gasteiger partial charge is 6.00 e. The Hall–Kier alpha value is -0.991. The van der Waals surface area contributed by atoms with Crippen LogP contribution in [-0.4, -0.2) is 96.8 Å². The van der Waals surface area contributed by atoms with Crippen LogP contribution in [0.25, 0.3) is 0 Å². The van der Waals surface area contributed by atoms with E-state index in [1.54, 1.807) is 13.8 Å². The van der Waals surface area contributed by atoms with Crippen molar-refractivity contribution < 1.29 is 32.1 Å². The summed E-state index contributed by atoms with van der Waals surface area (Å²) in [7, 11) is 0. The van der Waals surface area contributed by atoms with Crippen LogP contribution in [0.1, 0.15) is 19.4 Å². The summed E-state index contributed by atoms with van der Waals surface area (Å²) in [6.07, 6.45) is -1.02. The fraction of sp³-hybridized carbons (Fsp3) is 0.667. The molecular formula is C21H35FeN4O3+5. The van der Waals surface area contributed by atoms with Gasteiger partial charge >= 0.3 is 17.1 Å². The number of hydrogen-bond donors (Lipinski definition) is 2. The first kappa shape index (κ1) is 26.0. The van der Waals surface area contributed by atoms with Crippen molar-refractivity contribution in [3.63, 3.8) is 0 Å². The molecule has 1 fully saturated rings. The molecule has 2 atom stereocenters. The summed E-state index contributed by atoms with van der Waals surface area (Å²) in [5.74, 6) is 0.00826. The van der Waals surface area contributed by atoms with E-state index in [1.165, 1.54) is 0 Å². The first-order valence-electron chi connectivity index (χ1n) is 10.2. The number of rotatable bonds is 8. The Labute approximate surface area is 185 Å². The predicted octanol–water partition coefficient (Wildman–Crippen LogP) is -0.650. The molecule has 0 aromatic heterocycles. The summed E-state index contributed by atoms with van der Waals surface area (Å²) in [5.41, 5.74) is 1.08. The van der Waals surface area contributed by atoms with Crippen molar-refractivity contribution in [3.8, 4) is 0 Å². The van der Waals surface area contributed by atoms with Gasteiger partial charge in [0.2, 0.25) is 5.91 Å². The maximum atomic E-state index is 12.4. The maximum Gasteiger partial charge on any atom is 6.00 e. The molecule has 1 saturated heterocycles. The van der Waals surface area contributed by atoms with E-state index < -0.39 is 12.2 Å². The van der Waals surface area contributed by atoms with Crippen LogP contribution in [0.3, 0.4) is 0 Å². The molecule has 160 valence electrons. The number of carbonyl (C=O) groups excluding carboxylic acids is 1. The molecule has 8 heteroatoms. The number of amides is 1. The van der Waals surface area contributed by atoms with Gasteiger partial charge < -0.3 is 20.4 Å². The molecule has 0 saturated carbocycles. The number of carbonyl (C=O) groups is 1. The average Bonchev–Trinajstić information content (AvgIpc) is 2.73. The number of benzene rings is 1. The normalized spacial score (nSPS) is 19.3. The van der Waals surface area contributed by atoms with Gasteiger partial charge in [-0.2, -0.15) is 0 Å². The molecule has 29 heavy (non-hydrogen) atoms. The van der Waals surface area contributed by atoms with Crippen LogP contribution in [-0.2, 0) is 28.4 Å². The molecule has 1 aromatic rings. The van der Waals surface area contributed by atoms with Crippen molar-refractivity contribution in [2.45, 2.75) is 32.6 Å². The number of aliphatic hydroxyl groups is 1. The van der Waals surface area contributed by atoms with Crippen molar-refractivity contribution >= 4 is 5.91 Å². The molecular weight excluding hydrogens is 412 g/mol. The van der Waals surface area contributed by atoms with Gasteiger partial charge in [0.1, 0.15) is 0 Å². The first-order chi connectivity index (χ1) is 13.4. The van der Waals surface area contributed by atoms with Gasteiger partial charge in [-0.25, -0.2) is 0 Å². The molecule has 0 unspecified atom stereocenters. The van der Waals surface area contributed by atoms with Crippen LogP contribution in [0.15, 0.2) is 30.3 Å². The van der Waals surface area contributed by atoms with E-state index >= 15 is 0 Å². The summed E-state index contributed by atoms with van der Waals surface area (Å²) in [4.78, 5) is 18.9. The van der Waals surface area contributed by atoms with Gasteiger partial charge in [0, 0.05) is 52.4 Å². The van der Waals surface area contributed by atoms with E-state index in [0.29, 0.717) is 26.2 Å². The van der Waals surface area contributed by atoms with E-state index in [1.807, 2.05) is 30.3 Å². The standard InChI is InChI=1S/C21H35N4O3.Fe/c1-18(26)15-23-8-9-24(16-19(2)27)11-13-25(12-10-23)17-21(28)22-14-20-6-4-3-5-7-20;/h3-7,18-19,26H,8-17H2,1-2H3,(H,22,28);/q-1;+6/t18-,19-;/m0./s1. The molecule has 0 bridgehead atoms. The molecule has 1 aromatic carbocycles. The SMILES string of the molecule is C[C@H]([O-])CN1CCN(CC(=O)NCc2ccccc2)CCN(C[C@H](C)O)CC1.[Fe+6]. The predicted molar refractivity (Wildman–Crippen MR) is 109 cm³/mol. The molecule has 0 spiro atoms. The molecule has 0 aliphatic carbocycles. The van der Waals surface area contributed by atoms with Gasteiger partial charge in [-0.3, -0.25) is 14.6 Å². The fourth-order valence-electron chi connectivity index (χ4n) is 3.50. The van der Waals surface area contributed by atoms with E-state index in [-0.39, 0.29) is 23.0 Å². The monoisotopic (exact) mass is 447 g/mol. The zero-order chi connectivity index (χ0) is 20.4. The Kier molecular flexibility index (Phi) is 12.7. The number of aliphatic hydroxyl groups excluding tert-OH is 1. The van der Waals surface area contributed by atoms with Crippen LogP contribution in [0.4, 0.5) is 0 Å². The van der Waals surface area contributed by atoms with Crippen molar-refractivity contribution in [3.05, 3.63) is 35.9 Å². The van der Waals surface area contributed by atoms with Gasteiger partial charge in [0.15, 0.2) is 0 Å². The average molecular weight is 447 g/mol. The molecule has 2 N–H and O–H groups in total. The summed E-state index contributed by atoms with van der Waals surface area (Å²) in [6, 6.07) is 9.88. The minimum atomic E-state index is -0.631. The van der Waals surface area contributed by atoms with Crippen LogP contribution < -0.4 is 10.4 Å². The number of nitrogens with zero attached hydrogens (tertiary/aromatic N) is 3. The molecule has 7 nitrogen and oxygen atoms in total. The van der Waals surface area contributed by atoms with Gasteiger partial charge in [0.25, 0.3) is 0 Å². The van der Waals surface area contributed by atoms with Crippen LogP contribution >= 0.6 is 0 Å². The maximum absolute atomic E-state index is 12.4. The van der Waals surface area contributed by atoms with Crippen molar-refractivity contribution in [1.82, 2.24) is 20.0 Å². The van der Waals surface area contributed by atoms with E-state index in [2.05, 4.69) is 20.0 Å². The minimum absolute atomic E-state index is 0.